The van der Waals surface area contributed by atoms with Crippen molar-refractivity contribution >= 4 is 13.7 Å². The van der Waals surface area contributed by atoms with Crippen molar-refractivity contribution in [1.82, 2.24) is 14.6 Å². The molecule has 1 fully saturated rings. The molecule has 0 bridgehead atoms. The average molecular weight is 616 g/mol. The minimum absolute atomic E-state index is 0.00275. The molecule has 0 saturated carbocycles. The summed E-state index contributed by atoms with van der Waals surface area (Å²) in [6.45, 7) is 0.962. The number of aromatic nitrogens is 2. The first-order valence-corrected chi connectivity index (χ1v) is 15.2. The van der Waals surface area contributed by atoms with Gasteiger partial charge in [-0.15, -0.1) is 0 Å². The van der Waals surface area contributed by atoms with Gasteiger partial charge in [0.05, 0.1) is 18.9 Å². The first-order valence-electron chi connectivity index (χ1n) is 13.6. The van der Waals surface area contributed by atoms with Gasteiger partial charge in [-0.25, -0.2) is 9.36 Å². The molecule has 0 amide bonds. The van der Waals surface area contributed by atoms with Crippen molar-refractivity contribution in [1.29, 1.82) is 0 Å². The highest BCUT2D eigenvalue weighted by molar-refractivity contribution is 7.51. The zero-order valence-corrected chi connectivity index (χ0v) is 24.0. The van der Waals surface area contributed by atoms with E-state index >= 15 is 0 Å². The van der Waals surface area contributed by atoms with Crippen LogP contribution < -0.4 is 16.3 Å². The van der Waals surface area contributed by atoms with E-state index in [4.69, 9.17) is 18.5 Å². The number of nitrogens with zero attached hydrogens (tertiary/aromatic N) is 1. The third-order valence-corrected chi connectivity index (χ3v) is 8.70. The summed E-state index contributed by atoms with van der Waals surface area (Å²) in [7, 11) is -4.34. The van der Waals surface area contributed by atoms with Gasteiger partial charge in [0, 0.05) is 17.9 Å². The molecule has 0 spiro atoms. The normalized spacial score (nSPS) is 24.8. The molecule has 1 aliphatic heterocycles. The molecule has 3 aliphatic rings. The number of allylic oxidation sites excluding steroid dienone is 7. The standard InChI is InChI=1S/C29H31FN3O9P/c1-18(28(36)39-16-19-8-3-2-4-9-19)32-43(38,42-24-13-7-11-20-10-5-6-12-21(20)24)40-17-25-23(34)14-26(41-25)33-15-22(30)27(35)31-29(33)37/h2-10,12-13,15,18,20,23,25-26,34H,11,14,16-17H2,1H3,(H,32,38)(H,31,35,37). The lowest BCUT2D eigenvalue weighted by Crippen LogP contribution is -2.36. The topological polar surface area (TPSA) is 158 Å². The van der Waals surface area contributed by atoms with Crippen molar-refractivity contribution in [2.45, 2.75) is 50.8 Å². The Kier molecular flexibility index (Phi) is 9.38. The number of aliphatic hydroxyl groups is 1. The predicted octanol–water partition coefficient (Wildman–Crippen LogP) is 3.14. The lowest BCUT2D eigenvalue weighted by Gasteiger charge is -2.28. The second kappa shape index (κ2) is 13.2. The van der Waals surface area contributed by atoms with Crippen LogP contribution in [0.3, 0.4) is 0 Å². The van der Waals surface area contributed by atoms with Crippen molar-refractivity contribution in [3.63, 3.8) is 0 Å². The Balaban J connectivity index is 1.31. The van der Waals surface area contributed by atoms with Crippen LogP contribution in [-0.4, -0.2) is 45.5 Å². The number of H-pyrrole nitrogens is 1. The van der Waals surface area contributed by atoms with E-state index in [9.17, 15) is 28.4 Å². The van der Waals surface area contributed by atoms with Crippen LogP contribution in [0.2, 0.25) is 0 Å². The third kappa shape index (κ3) is 7.38. The van der Waals surface area contributed by atoms with Crippen LogP contribution in [0.25, 0.3) is 0 Å². The van der Waals surface area contributed by atoms with Crippen molar-refractivity contribution in [3.8, 4) is 0 Å². The Morgan fingerprint density at radius 2 is 2.05 bits per heavy atom. The van der Waals surface area contributed by atoms with Gasteiger partial charge < -0.3 is 19.1 Å². The monoisotopic (exact) mass is 615 g/mol. The number of nitrogens with one attached hydrogen (secondary N) is 2. The maximum atomic E-state index is 14.1. The molecular weight excluding hydrogens is 584 g/mol. The number of carbonyl (C=O) groups excluding carboxylic acids is 1. The van der Waals surface area contributed by atoms with E-state index in [2.05, 4.69) is 5.09 Å². The summed E-state index contributed by atoms with van der Waals surface area (Å²) in [6.07, 6.45) is 8.88. The molecule has 43 heavy (non-hydrogen) atoms. The first kappa shape index (κ1) is 30.6. The summed E-state index contributed by atoms with van der Waals surface area (Å²) in [5, 5.41) is 13.2. The second-order valence-electron chi connectivity index (χ2n) is 10.2. The maximum Gasteiger partial charge on any atom is 0.459 e. The molecule has 2 aliphatic carbocycles. The lowest BCUT2D eigenvalue weighted by molar-refractivity contribution is -0.146. The van der Waals surface area contributed by atoms with E-state index in [-0.39, 0.29) is 24.7 Å². The number of fused-ring (bicyclic) bond motifs is 1. The van der Waals surface area contributed by atoms with Gasteiger partial charge in [0.1, 0.15) is 30.7 Å². The van der Waals surface area contributed by atoms with E-state index in [0.29, 0.717) is 6.20 Å². The second-order valence-corrected chi connectivity index (χ2v) is 11.9. The van der Waals surface area contributed by atoms with Crippen LogP contribution in [0.4, 0.5) is 4.39 Å². The number of benzene rings is 1. The number of hydrogen-bond acceptors (Lipinski definition) is 9. The number of esters is 1. The number of halogens is 1. The molecule has 1 aromatic carbocycles. The number of hydrogen-bond donors (Lipinski definition) is 3. The summed E-state index contributed by atoms with van der Waals surface area (Å²) < 4.78 is 51.5. The molecular formula is C29H31FN3O9P. The fourth-order valence-corrected chi connectivity index (χ4v) is 6.33. The van der Waals surface area contributed by atoms with Gasteiger partial charge >= 0.3 is 19.4 Å². The Morgan fingerprint density at radius 1 is 1.26 bits per heavy atom. The number of aliphatic hydroxyl groups excluding tert-OH is 1. The maximum absolute atomic E-state index is 14.1. The van der Waals surface area contributed by atoms with Crippen LogP contribution in [0.5, 0.6) is 0 Å². The Labute approximate surface area is 245 Å². The Bertz CT molecular complexity index is 1630. The number of carbonyl (C=O) groups is 1. The molecule has 228 valence electrons. The summed E-state index contributed by atoms with van der Waals surface area (Å²) in [5.41, 5.74) is -0.570. The van der Waals surface area contributed by atoms with E-state index in [0.717, 1.165) is 22.1 Å². The fourth-order valence-electron chi connectivity index (χ4n) is 4.80. The molecule has 0 radical (unpaired) electrons. The molecule has 12 nitrogen and oxygen atoms in total. The molecule has 14 heteroatoms. The highest BCUT2D eigenvalue weighted by Crippen LogP contribution is 2.49. The van der Waals surface area contributed by atoms with E-state index in [1.54, 1.807) is 18.2 Å². The molecule has 3 N–H and O–H groups in total. The third-order valence-electron chi connectivity index (χ3n) is 7.07. The zero-order valence-electron chi connectivity index (χ0n) is 23.1. The van der Waals surface area contributed by atoms with Gasteiger partial charge in [-0.2, -0.15) is 9.48 Å². The summed E-state index contributed by atoms with van der Waals surface area (Å²) in [5.74, 6) is -1.63. The Hall–Kier alpha value is -3.87. The van der Waals surface area contributed by atoms with Gasteiger partial charge in [0.2, 0.25) is 5.82 Å². The summed E-state index contributed by atoms with van der Waals surface area (Å²) in [6, 6.07) is 7.92. The first-order chi connectivity index (χ1) is 20.6. The fraction of sp³-hybridized carbons (Fsp3) is 0.345. The van der Waals surface area contributed by atoms with Crippen LogP contribution in [0.15, 0.2) is 93.9 Å². The largest absolute Gasteiger partial charge is 0.460 e. The SMILES string of the molecule is CC(NP(=O)(OCC1OC(n2cc(F)c(=O)[nH]c2=O)CC1O)OC1=C2C=CC=CC2CC=C1)C(=O)OCc1ccccc1. The Morgan fingerprint density at radius 3 is 2.84 bits per heavy atom. The van der Waals surface area contributed by atoms with Crippen molar-refractivity contribution in [2.24, 2.45) is 5.92 Å². The van der Waals surface area contributed by atoms with Gasteiger partial charge in [-0.05, 0) is 25.0 Å². The number of rotatable bonds is 11. The predicted molar refractivity (Wildman–Crippen MR) is 152 cm³/mol. The van der Waals surface area contributed by atoms with Gasteiger partial charge in [-0.1, -0.05) is 60.7 Å². The van der Waals surface area contributed by atoms with E-state index in [1.165, 1.54) is 6.92 Å². The highest BCUT2D eigenvalue weighted by Gasteiger charge is 2.40. The minimum atomic E-state index is -4.34. The molecule has 2 aromatic rings. The van der Waals surface area contributed by atoms with Crippen LogP contribution in [0.1, 0.15) is 31.6 Å². The van der Waals surface area contributed by atoms with Crippen molar-refractivity contribution in [2.75, 3.05) is 6.61 Å². The number of aromatic amines is 1. The van der Waals surface area contributed by atoms with Gasteiger partial charge in [0.25, 0.3) is 5.56 Å². The minimum Gasteiger partial charge on any atom is -0.460 e. The molecule has 1 saturated heterocycles. The average Bonchev–Trinajstić information content (AvgIpc) is 3.37. The molecule has 6 unspecified atom stereocenters. The van der Waals surface area contributed by atoms with Gasteiger partial charge in [0.15, 0.2) is 0 Å². The van der Waals surface area contributed by atoms with Crippen molar-refractivity contribution < 1.29 is 37.4 Å². The van der Waals surface area contributed by atoms with Crippen LogP contribution in [-0.2, 0) is 34.5 Å². The molecule has 2 heterocycles. The van der Waals surface area contributed by atoms with E-state index < -0.39 is 61.9 Å². The van der Waals surface area contributed by atoms with Gasteiger partial charge in [-0.3, -0.25) is 23.7 Å². The highest BCUT2D eigenvalue weighted by atomic mass is 31.2. The zero-order chi connectivity index (χ0) is 30.6. The van der Waals surface area contributed by atoms with Crippen molar-refractivity contribution in [3.05, 3.63) is 117 Å². The summed E-state index contributed by atoms with van der Waals surface area (Å²) in [4.78, 5) is 38.2. The molecule has 1 aromatic heterocycles. The quantitative estimate of drug-likeness (QED) is 0.253. The van der Waals surface area contributed by atoms with E-state index in [1.807, 2.05) is 53.6 Å². The number of ether oxygens (including phenoxy) is 2. The van der Waals surface area contributed by atoms with Crippen LogP contribution in [0, 0.1) is 11.7 Å². The van der Waals surface area contributed by atoms with Crippen LogP contribution >= 0.6 is 7.75 Å². The molecule has 5 rings (SSSR count). The summed E-state index contributed by atoms with van der Waals surface area (Å²) >= 11 is 0. The smallest absolute Gasteiger partial charge is 0.459 e. The lowest BCUT2D eigenvalue weighted by atomic mass is 9.87. The molecule has 6 atom stereocenters.